The first-order valence-corrected chi connectivity index (χ1v) is 5.68. The number of carbonyl (C=O) groups excluding carboxylic acids is 1. The molecule has 0 saturated carbocycles. The van der Waals surface area contributed by atoms with E-state index in [0.29, 0.717) is 18.7 Å². The molecular formula is C14H15NO2. The highest BCUT2D eigenvalue weighted by atomic mass is 16.6. The normalized spacial score (nSPS) is 23.1. The second kappa shape index (κ2) is 4.53. The van der Waals surface area contributed by atoms with Crippen molar-refractivity contribution in [3.63, 3.8) is 0 Å². The van der Waals surface area contributed by atoms with Crippen LogP contribution in [0.4, 0.5) is 0 Å². The highest BCUT2D eigenvalue weighted by Crippen LogP contribution is 2.28. The van der Waals surface area contributed by atoms with Gasteiger partial charge in [-0.15, -0.1) is 0 Å². The van der Waals surface area contributed by atoms with Crippen molar-refractivity contribution in [3.05, 3.63) is 48.6 Å². The van der Waals surface area contributed by atoms with Crippen LogP contribution in [0.3, 0.4) is 0 Å². The number of esters is 1. The van der Waals surface area contributed by atoms with Crippen molar-refractivity contribution in [2.45, 2.75) is 25.3 Å². The van der Waals surface area contributed by atoms with Crippen LogP contribution in [-0.2, 0) is 16.0 Å². The van der Waals surface area contributed by atoms with Crippen LogP contribution < -0.4 is 0 Å². The first-order valence-electron chi connectivity index (χ1n) is 5.68. The molecule has 1 aliphatic rings. The van der Waals surface area contributed by atoms with E-state index in [-0.39, 0.29) is 5.97 Å². The molecule has 0 aromatic heterocycles. The third kappa shape index (κ3) is 2.13. The zero-order valence-electron chi connectivity index (χ0n) is 9.85. The molecule has 2 rings (SSSR count). The summed E-state index contributed by atoms with van der Waals surface area (Å²) in [6.07, 6.45) is 2.67. The van der Waals surface area contributed by atoms with Gasteiger partial charge in [0.05, 0.1) is 0 Å². The average Bonchev–Trinajstić information content (AvgIpc) is 2.68. The zero-order valence-corrected chi connectivity index (χ0v) is 9.85. The molecule has 0 fully saturated rings. The van der Waals surface area contributed by atoms with Gasteiger partial charge in [0.2, 0.25) is 5.90 Å². The maximum absolute atomic E-state index is 11.9. The maximum atomic E-state index is 11.9. The van der Waals surface area contributed by atoms with Gasteiger partial charge < -0.3 is 4.74 Å². The van der Waals surface area contributed by atoms with Crippen molar-refractivity contribution in [1.29, 1.82) is 0 Å². The van der Waals surface area contributed by atoms with Crippen molar-refractivity contribution in [3.8, 4) is 0 Å². The predicted molar refractivity (Wildman–Crippen MR) is 66.9 cm³/mol. The summed E-state index contributed by atoms with van der Waals surface area (Å²) in [4.78, 5) is 16.3. The first kappa shape index (κ1) is 11.6. The van der Waals surface area contributed by atoms with Crippen molar-refractivity contribution < 1.29 is 9.53 Å². The fourth-order valence-electron chi connectivity index (χ4n) is 1.95. The van der Waals surface area contributed by atoms with E-state index in [9.17, 15) is 4.79 Å². The van der Waals surface area contributed by atoms with Crippen molar-refractivity contribution in [2.24, 2.45) is 4.99 Å². The van der Waals surface area contributed by atoms with Gasteiger partial charge >= 0.3 is 5.97 Å². The lowest BCUT2D eigenvalue weighted by molar-refractivity contribution is -0.139. The van der Waals surface area contributed by atoms with Gasteiger partial charge in [-0.2, -0.15) is 0 Å². The third-order valence-electron chi connectivity index (χ3n) is 3.00. The quantitative estimate of drug-likeness (QED) is 0.744. The van der Waals surface area contributed by atoms with E-state index in [1.165, 1.54) is 6.08 Å². The molecule has 3 heteroatoms. The summed E-state index contributed by atoms with van der Waals surface area (Å²) in [5, 5.41) is 0. The summed E-state index contributed by atoms with van der Waals surface area (Å²) in [5.41, 5.74) is 0.311. The zero-order chi connectivity index (χ0) is 12.3. The molecule has 0 radical (unpaired) electrons. The second-order valence-electron chi connectivity index (χ2n) is 4.09. The highest BCUT2D eigenvalue weighted by Gasteiger charge is 2.43. The van der Waals surface area contributed by atoms with Crippen molar-refractivity contribution in [2.75, 3.05) is 0 Å². The molecule has 0 saturated heterocycles. The van der Waals surface area contributed by atoms with E-state index in [2.05, 4.69) is 11.6 Å². The van der Waals surface area contributed by atoms with E-state index in [4.69, 9.17) is 4.74 Å². The maximum Gasteiger partial charge on any atom is 0.341 e. The van der Waals surface area contributed by atoms with Gasteiger partial charge in [-0.3, -0.25) is 0 Å². The Bertz CT molecular complexity index is 464. The van der Waals surface area contributed by atoms with E-state index < -0.39 is 5.54 Å². The van der Waals surface area contributed by atoms with Gasteiger partial charge in [-0.1, -0.05) is 43.8 Å². The van der Waals surface area contributed by atoms with Crippen LogP contribution in [0.25, 0.3) is 0 Å². The minimum Gasteiger partial charge on any atom is -0.406 e. The first-order chi connectivity index (χ1) is 8.20. The topological polar surface area (TPSA) is 38.7 Å². The molecule has 1 aliphatic heterocycles. The lowest BCUT2D eigenvalue weighted by atomic mass is 9.89. The number of rotatable bonds is 4. The van der Waals surface area contributed by atoms with Crippen LogP contribution in [0.5, 0.6) is 0 Å². The number of nitrogens with zero attached hydrogens (tertiary/aromatic N) is 1. The van der Waals surface area contributed by atoms with Gasteiger partial charge in [0.15, 0.2) is 5.54 Å². The van der Waals surface area contributed by atoms with Crippen LogP contribution in [0.1, 0.15) is 18.9 Å². The Labute approximate surface area is 101 Å². The number of hydrogen-bond acceptors (Lipinski definition) is 3. The molecule has 1 aromatic carbocycles. The summed E-state index contributed by atoms with van der Waals surface area (Å²) in [5.74, 6) is 0.0477. The molecule has 1 heterocycles. The summed E-state index contributed by atoms with van der Waals surface area (Å²) in [7, 11) is 0. The van der Waals surface area contributed by atoms with Gasteiger partial charge in [0.25, 0.3) is 0 Å². The lowest BCUT2D eigenvalue weighted by Crippen LogP contribution is -2.35. The molecule has 0 bridgehead atoms. The molecule has 1 aromatic rings. The Kier molecular flexibility index (Phi) is 3.09. The molecule has 0 unspecified atom stereocenters. The minimum absolute atomic E-state index is 0.279. The van der Waals surface area contributed by atoms with Gasteiger partial charge in [-0.25, -0.2) is 9.79 Å². The van der Waals surface area contributed by atoms with Crippen LogP contribution >= 0.6 is 0 Å². The predicted octanol–water partition coefficient (Wildman–Crippen LogP) is 2.52. The minimum atomic E-state index is -0.773. The van der Waals surface area contributed by atoms with Gasteiger partial charge in [-0.05, 0) is 18.1 Å². The average molecular weight is 229 g/mol. The van der Waals surface area contributed by atoms with E-state index >= 15 is 0 Å². The van der Waals surface area contributed by atoms with Crippen molar-refractivity contribution >= 4 is 11.9 Å². The molecule has 0 amide bonds. The Morgan fingerprint density at radius 1 is 1.41 bits per heavy atom. The number of benzene rings is 1. The smallest absolute Gasteiger partial charge is 0.341 e. The molecule has 1 atom stereocenters. The van der Waals surface area contributed by atoms with Gasteiger partial charge in [0, 0.05) is 6.42 Å². The highest BCUT2D eigenvalue weighted by molar-refractivity contribution is 6.04. The van der Waals surface area contributed by atoms with E-state index in [0.717, 1.165) is 5.56 Å². The number of carbonyl (C=O) groups is 1. The van der Waals surface area contributed by atoms with Crippen LogP contribution in [0.15, 0.2) is 48.0 Å². The Morgan fingerprint density at radius 3 is 2.65 bits per heavy atom. The van der Waals surface area contributed by atoms with Crippen molar-refractivity contribution in [1.82, 2.24) is 0 Å². The molecule has 0 aliphatic carbocycles. The second-order valence-corrected chi connectivity index (χ2v) is 4.09. The Hall–Kier alpha value is -1.90. The summed E-state index contributed by atoms with van der Waals surface area (Å²) in [6.45, 7) is 5.52. The lowest BCUT2D eigenvalue weighted by Gasteiger charge is -2.19. The van der Waals surface area contributed by atoms with E-state index in [1.807, 2.05) is 37.3 Å². The monoisotopic (exact) mass is 229 g/mol. The summed E-state index contributed by atoms with van der Waals surface area (Å²) < 4.78 is 5.08. The molecule has 0 spiro atoms. The van der Waals surface area contributed by atoms with Crippen LogP contribution in [0, 0.1) is 0 Å². The number of hydrogen-bond donors (Lipinski definition) is 0. The Balaban J connectivity index is 2.30. The number of ether oxygens (including phenoxy) is 1. The fraction of sp³-hybridized carbons (Fsp3) is 0.286. The molecule has 17 heavy (non-hydrogen) atoms. The largest absolute Gasteiger partial charge is 0.406 e. The van der Waals surface area contributed by atoms with Gasteiger partial charge in [0.1, 0.15) is 0 Å². The SMILES string of the molecule is C=CC1=N[C@@](CC)(Cc2ccccc2)C(=O)O1. The summed E-state index contributed by atoms with van der Waals surface area (Å²) >= 11 is 0. The molecule has 88 valence electrons. The number of aliphatic imine (C=N–C) groups is 1. The third-order valence-corrected chi connectivity index (χ3v) is 3.00. The van der Waals surface area contributed by atoms with E-state index in [1.54, 1.807) is 0 Å². The van der Waals surface area contributed by atoms with Crippen LogP contribution in [0.2, 0.25) is 0 Å². The molecular weight excluding hydrogens is 214 g/mol. The molecule has 3 nitrogen and oxygen atoms in total. The standard InChI is InChI=1S/C14H15NO2/c1-3-12-15-14(4-2,13(16)17-12)10-11-8-6-5-7-9-11/h3,5-9H,1,4,10H2,2H3/t14-/m0/s1. The summed E-state index contributed by atoms with van der Waals surface area (Å²) in [6, 6.07) is 9.85. The number of cyclic esters (lactones) is 1. The Morgan fingerprint density at radius 2 is 2.12 bits per heavy atom. The van der Waals surface area contributed by atoms with Crippen LogP contribution in [-0.4, -0.2) is 17.4 Å². The molecule has 0 N–H and O–H groups in total. The fourth-order valence-corrected chi connectivity index (χ4v) is 1.95.